The number of rotatable bonds is 1. The molecule has 1 saturated heterocycles. The quantitative estimate of drug-likeness (QED) is 0.782. The molecule has 0 bridgehead atoms. The fourth-order valence-corrected chi connectivity index (χ4v) is 3.29. The number of benzene rings is 1. The van der Waals surface area contributed by atoms with E-state index in [4.69, 9.17) is 5.73 Å². The van der Waals surface area contributed by atoms with E-state index in [9.17, 15) is 18.0 Å². The molecule has 0 radical (unpaired) electrons. The van der Waals surface area contributed by atoms with E-state index in [1.807, 2.05) is 24.4 Å². The SMILES string of the molecule is CC1(N2C[C@@H](C(F)(F)F)NC2=O)CCc2cc(N)ccc21. The Kier molecular flexibility index (Phi) is 2.86. The van der Waals surface area contributed by atoms with E-state index < -0.39 is 23.8 Å². The minimum absolute atomic E-state index is 0.358. The molecule has 1 aliphatic carbocycles. The average molecular weight is 299 g/mol. The predicted octanol–water partition coefficient (Wildman–Crippen LogP) is 2.39. The Morgan fingerprint density at radius 2 is 2.14 bits per heavy atom. The zero-order valence-corrected chi connectivity index (χ0v) is 11.5. The van der Waals surface area contributed by atoms with Crippen LogP contribution in [0.1, 0.15) is 24.5 Å². The smallest absolute Gasteiger partial charge is 0.399 e. The number of carbonyl (C=O) groups is 1. The van der Waals surface area contributed by atoms with Gasteiger partial charge in [-0.05, 0) is 43.0 Å². The van der Waals surface area contributed by atoms with Gasteiger partial charge in [-0.25, -0.2) is 4.79 Å². The number of nitrogens with zero attached hydrogens (tertiary/aromatic N) is 1. The fourth-order valence-electron chi connectivity index (χ4n) is 3.29. The van der Waals surface area contributed by atoms with Gasteiger partial charge in [0.15, 0.2) is 0 Å². The van der Waals surface area contributed by atoms with E-state index in [1.165, 1.54) is 4.90 Å². The van der Waals surface area contributed by atoms with Gasteiger partial charge in [0.25, 0.3) is 0 Å². The Labute approximate surface area is 120 Å². The molecule has 1 aromatic rings. The summed E-state index contributed by atoms with van der Waals surface area (Å²) in [7, 11) is 0. The first-order valence-corrected chi connectivity index (χ1v) is 6.75. The van der Waals surface area contributed by atoms with E-state index in [1.54, 1.807) is 6.07 Å². The minimum Gasteiger partial charge on any atom is -0.399 e. The van der Waals surface area contributed by atoms with Crippen molar-refractivity contribution >= 4 is 11.7 Å². The van der Waals surface area contributed by atoms with Crippen molar-refractivity contribution in [3.8, 4) is 0 Å². The molecule has 4 nitrogen and oxygen atoms in total. The molecule has 1 aliphatic heterocycles. The standard InChI is InChI=1S/C14H16F3N3O/c1-13(5-4-8-6-9(18)2-3-10(8)13)20-7-11(14(15,16)17)19-12(20)21/h2-3,6,11H,4-5,7,18H2,1H3,(H,19,21)/t11-,13?/m0/s1. The number of hydrogen-bond acceptors (Lipinski definition) is 2. The lowest BCUT2D eigenvalue weighted by atomic mass is 9.92. The number of nitrogens with one attached hydrogen (secondary N) is 1. The van der Waals surface area contributed by atoms with Gasteiger partial charge in [-0.3, -0.25) is 0 Å². The summed E-state index contributed by atoms with van der Waals surface area (Å²) in [6.07, 6.45) is -3.12. The van der Waals surface area contributed by atoms with Crippen LogP contribution in [0.2, 0.25) is 0 Å². The maximum atomic E-state index is 12.8. The monoisotopic (exact) mass is 299 g/mol. The second kappa shape index (κ2) is 4.29. The van der Waals surface area contributed by atoms with Crippen molar-refractivity contribution in [2.24, 2.45) is 0 Å². The second-order valence-corrected chi connectivity index (χ2v) is 5.84. The summed E-state index contributed by atoms with van der Waals surface area (Å²) < 4.78 is 38.4. The van der Waals surface area contributed by atoms with Gasteiger partial charge in [0.05, 0.1) is 12.1 Å². The van der Waals surface area contributed by atoms with Crippen molar-refractivity contribution in [3.63, 3.8) is 0 Å². The number of fused-ring (bicyclic) bond motifs is 1. The Morgan fingerprint density at radius 3 is 2.76 bits per heavy atom. The van der Waals surface area contributed by atoms with Gasteiger partial charge in [0.1, 0.15) is 6.04 Å². The summed E-state index contributed by atoms with van der Waals surface area (Å²) in [5.41, 5.74) is 7.53. The summed E-state index contributed by atoms with van der Waals surface area (Å²) in [4.78, 5) is 13.3. The number of urea groups is 1. The van der Waals surface area contributed by atoms with Crippen molar-refractivity contribution in [1.82, 2.24) is 10.2 Å². The molecule has 2 aliphatic rings. The summed E-state index contributed by atoms with van der Waals surface area (Å²) in [6, 6.07) is 2.89. The van der Waals surface area contributed by atoms with Crippen LogP contribution in [-0.2, 0) is 12.0 Å². The summed E-state index contributed by atoms with van der Waals surface area (Å²) >= 11 is 0. The van der Waals surface area contributed by atoms with Crippen LogP contribution in [0.5, 0.6) is 0 Å². The number of halogens is 3. The van der Waals surface area contributed by atoms with Crippen LogP contribution < -0.4 is 11.1 Å². The number of alkyl halides is 3. The number of anilines is 1. The number of amides is 2. The maximum Gasteiger partial charge on any atom is 0.410 e. The molecule has 7 heteroatoms. The van der Waals surface area contributed by atoms with Crippen molar-refractivity contribution in [2.75, 3.05) is 12.3 Å². The fraction of sp³-hybridized carbons (Fsp3) is 0.500. The van der Waals surface area contributed by atoms with Gasteiger partial charge in [0.2, 0.25) is 0 Å². The number of nitrogen functional groups attached to an aromatic ring is 1. The van der Waals surface area contributed by atoms with Crippen LogP contribution in [0.4, 0.5) is 23.7 Å². The highest BCUT2D eigenvalue weighted by Gasteiger charge is 2.52. The molecule has 1 aromatic carbocycles. The Morgan fingerprint density at radius 1 is 1.43 bits per heavy atom. The lowest BCUT2D eigenvalue weighted by Crippen LogP contribution is -2.44. The average Bonchev–Trinajstić information content (AvgIpc) is 2.91. The van der Waals surface area contributed by atoms with E-state index >= 15 is 0 Å². The molecular weight excluding hydrogens is 283 g/mol. The number of nitrogens with two attached hydrogens (primary N) is 1. The molecular formula is C14H16F3N3O. The van der Waals surface area contributed by atoms with E-state index in [0.717, 1.165) is 11.1 Å². The highest BCUT2D eigenvalue weighted by atomic mass is 19.4. The first-order chi connectivity index (χ1) is 9.72. The third-order valence-corrected chi connectivity index (χ3v) is 4.49. The lowest BCUT2D eigenvalue weighted by molar-refractivity contribution is -0.150. The molecule has 0 aromatic heterocycles. The van der Waals surface area contributed by atoms with Crippen LogP contribution in [0.3, 0.4) is 0 Å². The zero-order chi connectivity index (χ0) is 15.4. The summed E-state index contributed by atoms with van der Waals surface area (Å²) in [5, 5.41) is 2.03. The molecule has 3 rings (SSSR count). The normalized spacial score (nSPS) is 28.7. The molecule has 0 spiro atoms. The lowest BCUT2D eigenvalue weighted by Gasteiger charge is -2.35. The number of hydrogen-bond donors (Lipinski definition) is 2. The van der Waals surface area contributed by atoms with Gasteiger partial charge in [0, 0.05) is 5.69 Å². The van der Waals surface area contributed by atoms with Crippen molar-refractivity contribution in [3.05, 3.63) is 29.3 Å². The Hall–Kier alpha value is -1.92. The molecule has 2 atom stereocenters. The second-order valence-electron chi connectivity index (χ2n) is 5.84. The number of carbonyl (C=O) groups excluding carboxylic acids is 1. The third kappa shape index (κ3) is 2.11. The highest BCUT2D eigenvalue weighted by molar-refractivity contribution is 5.78. The minimum atomic E-state index is -4.43. The van der Waals surface area contributed by atoms with Crippen LogP contribution in [0.25, 0.3) is 0 Å². The molecule has 0 saturated carbocycles. The van der Waals surface area contributed by atoms with E-state index in [0.29, 0.717) is 18.5 Å². The number of aryl methyl sites for hydroxylation is 1. The molecule has 3 N–H and O–H groups in total. The molecule has 1 unspecified atom stereocenters. The topological polar surface area (TPSA) is 58.4 Å². The maximum absolute atomic E-state index is 12.8. The first kappa shape index (κ1) is 14.0. The Bertz CT molecular complexity index is 602. The van der Waals surface area contributed by atoms with Gasteiger partial charge in [-0.15, -0.1) is 0 Å². The first-order valence-electron chi connectivity index (χ1n) is 6.75. The summed E-state index contributed by atoms with van der Waals surface area (Å²) in [5.74, 6) is 0. The van der Waals surface area contributed by atoms with Gasteiger partial charge >= 0.3 is 12.2 Å². The van der Waals surface area contributed by atoms with Crippen LogP contribution >= 0.6 is 0 Å². The third-order valence-electron chi connectivity index (χ3n) is 4.49. The zero-order valence-electron chi connectivity index (χ0n) is 11.5. The van der Waals surface area contributed by atoms with Crippen molar-refractivity contribution < 1.29 is 18.0 Å². The van der Waals surface area contributed by atoms with Crippen LogP contribution in [0, 0.1) is 0 Å². The van der Waals surface area contributed by atoms with E-state index in [-0.39, 0.29) is 6.54 Å². The molecule has 114 valence electrons. The largest absolute Gasteiger partial charge is 0.410 e. The molecule has 2 amide bonds. The van der Waals surface area contributed by atoms with Gasteiger partial charge in [-0.1, -0.05) is 6.07 Å². The highest BCUT2D eigenvalue weighted by Crippen LogP contribution is 2.44. The molecule has 1 heterocycles. The van der Waals surface area contributed by atoms with E-state index in [2.05, 4.69) is 0 Å². The predicted molar refractivity (Wildman–Crippen MR) is 71.6 cm³/mol. The van der Waals surface area contributed by atoms with Crippen molar-refractivity contribution in [2.45, 2.75) is 37.5 Å². The van der Waals surface area contributed by atoms with Crippen LogP contribution in [-0.4, -0.2) is 29.7 Å². The van der Waals surface area contributed by atoms with Gasteiger partial charge in [-0.2, -0.15) is 13.2 Å². The molecule has 21 heavy (non-hydrogen) atoms. The van der Waals surface area contributed by atoms with Gasteiger partial charge < -0.3 is 16.0 Å². The Balaban J connectivity index is 1.94. The summed E-state index contributed by atoms with van der Waals surface area (Å²) in [6.45, 7) is 1.45. The molecule has 1 fully saturated rings. The van der Waals surface area contributed by atoms with Crippen molar-refractivity contribution in [1.29, 1.82) is 0 Å². The van der Waals surface area contributed by atoms with Crippen LogP contribution in [0.15, 0.2) is 18.2 Å².